The van der Waals surface area contributed by atoms with Crippen molar-refractivity contribution in [1.29, 1.82) is 0 Å². The molecule has 17 heavy (non-hydrogen) atoms. The lowest BCUT2D eigenvalue weighted by atomic mass is 10.1. The van der Waals surface area contributed by atoms with E-state index in [1.807, 2.05) is 19.9 Å². The van der Waals surface area contributed by atoms with E-state index in [4.69, 9.17) is 0 Å². The molecule has 2 rings (SSSR count). The summed E-state index contributed by atoms with van der Waals surface area (Å²) in [6.07, 6.45) is 1.94. The third kappa shape index (κ3) is 3.74. The molecule has 0 aromatic heterocycles. The first kappa shape index (κ1) is 13.5. The molecule has 0 bridgehead atoms. The second kappa shape index (κ2) is 6.89. The van der Waals surface area contributed by atoms with Crippen LogP contribution in [0.1, 0.15) is 32.8 Å². The fraction of sp³-hybridized carbons (Fsp3) is 0.400. The Morgan fingerprint density at radius 1 is 1.35 bits per heavy atom. The molecule has 1 N–H and O–H groups in total. The Morgan fingerprint density at radius 2 is 2.06 bits per heavy atom. The number of allylic oxidation sites excluding steroid dienone is 1. The van der Waals surface area contributed by atoms with E-state index in [9.17, 15) is 0 Å². The number of nitrogens with zero attached hydrogens (tertiary/aromatic N) is 1. The first-order chi connectivity index (χ1) is 8.29. The molecule has 2 nitrogen and oxygen atoms in total. The average molecular weight is 230 g/mol. The van der Waals surface area contributed by atoms with E-state index >= 15 is 0 Å². The quantitative estimate of drug-likeness (QED) is 0.834. The molecular formula is C15H22N2. The van der Waals surface area contributed by atoms with Crippen LogP contribution < -0.4 is 5.32 Å². The van der Waals surface area contributed by atoms with Crippen LogP contribution in [0.5, 0.6) is 0 Å². The number of para-hydroxylation sites is 1. The van der Waals surface area contributed by atoms with Gasteiger partial charge < -0.3 is 5.32 Å². The van der Waals surface area contributed by atoms with Gasteiger partial charge in [-0.3, -0.25) is 4.99 Å². The molecule has 0 unspecified atom stereocenters. The minimum atomic E-state index is 0.821. The number of nitrogens with one attached hydrogen (secondary N) is 1. The van der Waals surface area contributed by atoms with Crippen LogP contribution in [0.2, 0.25) is 0 Å². The van der Waals surface area contributed by atoms with Gasteiger partial charge in [0.15, 0.2) is 0 Å². The standard InChI is InChI=1S/C13H16N2.C2H6/c1-3-10(2)14-9-12-8-11-6-4-5-7-13(11)15-12;1-2/h4-7,14H,2-3,8-9H2,1H3;1-2H3. The van der Waals surface area contributed by atoms with Crippen LogP contribution in [0.25, 0.3) is 0 Å². The summed E-state index contributed by atoms with van der Waals surface area (Å²) in [6, 6.07) is 8.30. The number of hydrogen-bond acceptors (Lipinski definition) is 2. The van der Waals surface area contributed by atoms with Crippen LogP contribution in [0.3, 0.4) is 0 Å². The molecule has 92 valence electrons. The van der Waals surface area contributed by atoms with Crippen LogP contribution in [-0.4, -0.2) is 12.3 Å². The van der Waals surface area contributed by atoms with Crippen molar-refractivity contribution in [2.24, 2.45) is 4.99 Å². The molecule has 1 aliphatic rings. The molecule has 0 saturated heterocycles. The van der Waals surface area contributed by atoms with Crippen LogP contribution in [0.15, 0.2) is 41.5 Å². The van der Waals surface area contributed by atoms with Crippen molar-refractivity contribution in [1.82, 2.24) is 5.32 Å². The first-order valence-electron chi connectivity index (χ1n) is 6.35. The molecule has 0 atom stereocenters. The van der Waals surface area contributed by atoms with E-state index in [0.29, 0.717) is 0 Å². The highest BCUT2D eigenvalue weighted by Gasteiger charge is 2.12. The zero-order valence-electron chi connectivity index (χ0n) is 11.1. The number of rotatable bonds is 4. The zero-order valence-corrected chi connectivity index (χ0v) is 11.1. The Balaban J connectivity index is 0.000000686. The Labute approximate surface area is 104 Å². The van der Waals surface area contributed by atoms with Gasteiger partial charge in [0, 0.05) is 17.8 Å². The van der Waals surface area contributed by atoms with Gasteiger partial charge in [0.05, 0.1) is 12.2 Å². The molecule has 0 radical (unpaired) electrons. The molecule has 1 aromatic rings. The van der Waals surface area contributed by atoms with Gasteiger partial charge in [-0.05, 0) is 18.1 Å². The van der Waals surface area contributed by atoms with Crippen LogP contribution >= 0.6 is 0 Å². The van der Waals surface area contributed by atoms with E-state index in [1.165, 1.54) is 11.3 Å². The largest absolute Gasteiger partial charge is 0.384 e. The highest BCUT2D eigenvalue weighted by molar-refractivity contribution is 5.95. The van der Waals surface area contributed by atoms with Crippen LogP contribution in [-0.2, 0) is 6.42 Å². The van der Waals surface area contributed by atoms with Crippen molar-refractivity contribution >= 4 is 11.4 Å². The van der Waals surface area contributed by atoms with Crippen LogP contribution in [0, 0.1) is 0 Å². The Kier molecular flexibility index (Phi) is 5.47. The molecule has 2 heteroatoms. The third-order valence-electron chi connectivity index (χ3n) is 2.63. The van der Waals surface area contributed by atoms with Crippen molar-refractivity contribution < 1.29 is 0 Å². The highest BCUT2D eigenvalue weighted by Crippen LogP contribution is 2.25. The third-order valence-corrected chi connectivity index (χ3v) is 2.63. The molecule has 1 heterocycles. The van der Waals surface area contributed by atoms with Gasteiger partial charge in [0.25, 0.3) is 0 Å². The Bertz CT molecular complexity index is 405. The summed E-state index contributed by atoms with van der Waals surface area (Å²) in [5, 5.41) is 3.28. The summed E-state index contributed by atoms with van der Waals surface area (Å²) >= 11 is 0. The molecular weight excluding hydrogens is 208 g/mol. The highest BCUT2D eigenvalue weighted by atomic mass is 14.9. The van der Waals surface area contributed by atoms with Crippen molar-refractivity contribution in [2.45, 2.75) is 33.6 Å². The Hall–Kier alpha value is -1.57. The van der Waals surface area contributed by atoms with Gasteiger partial charge in [0.1, 0.15) is 0 Å². The van der Waals surface area contributed by atoms with E-state index in [2.05, 4.69) is 42.0 Å². The second-order valence-corrected chi connectivity index (χ2v) is 3.79. The summed E-state index contributed by atoms with van der Waals surface area (Å²) in [4.78, 5) is 4.57. The summed E-state index contributed by atoms with van der Waals surface area (Å²) in [5.41, 5.74) is 4.73. The van der Waals surface area contributed by atoms with E-state index in [1.54, 1.807) is 0 Å². The molecule has 0 spiro atoms. The maximum absolute atomic E-state index is 4.57. The normalized spacial score (nSPS) is 12.1. The molecule has 1 aliphatic heterocycles. The van der Waals surface area contributed by atoms with Crippen LogP contribution in [0.4, 0.5) is 5.69 Å². The first-order valence-corrected chi connectivity index (χ1v) is 6.35. The van der Waals surface area contributed by atoms with Gasteiger partial charge in [0.2, 0.25) is 0 Å². The fourth-order valence-electron chi connectivity index (χ4n) is 1.65. The number of hydrogen-bond donors (Lipinski definition) is 1. The van der Waals surface area contributed by atoms with E-state index < -0.39 is 0 Å². The Morgan fingerprint density at radius 3 is 2.71 bits per heavy atom. The van der Waals surface area contributed by atoms with Crippen molar-refractivity contribution in [3.8, 4) is 0 Å². The molecule has 0 amide bonds. The minimum absolute atomic E-state index is 0.821. The number of aliphatic imine (C=N–C) groups is 1. The van der Waals surface area contributed by atoms with Crippen molar-refractivity contribution in [3.05, 3.63) is 42.1 Å². The van der Waals surface area contributed by atoms with Gasteiger partial charge in [-0.2, -0.15) is 0 Å². The smallest absolute Gasteiger partial charge is 0.0665 e. The van der Waals surface area contributed by atoms with Crippen molar-refractivity contribution in [2.75, 3.05) is 6.54 Å². The molecule has 0 fully saturated rings. The summed E-state index contributed by atoms with van der Waals surface area (Å²) in [7, 11) is 0. The van der Waals surface area contributed by atoms with Gasteiger partial charge >= 0.3 is 0 Å². The number of benzene rings is 1. The maximum atomic E-state index is 4.57. The van der Waals surface area contributed by atoms with Gasteiger partial charge in [-0.1, -0.05) is 45.5 Å². The average Bonchev–Trinajstić information content (AvgIpc) is 2.81. The monoisotopic (exact) mass is 230 g/mol. The lowest BCUT2D eigenvalue weighted by molar-refractivity contribution is 0.862. The summed E-state index contributed by atoms with van der Waals surface area (Å²) < 4.78 is 0. The lowest BCUT2D eigenvalue weighted by Crippen LogP contribution is -2.21. The van der Waals surface area contributed by atoms with E-state index in [-0.39, 0.29) is 0 Å². The van der Waals surface area contributed by atoms with Gasteiger partial charge in [-0.15, -0.1) is 0 Å². The van der Waals surface area contributed by atoms with E-state index in [0.717, 1.165) is 30.8 Å². The molecule has 0 saturated carbocycles. The molecule has 1 aromatic carbocycles. The number of fused-ring (bicyclic) bond motifs is 1. The van der Waals surface area contributed by atoms with Crippen molar-refractivity contribution in [3.63, 3.8) is 0 Å². The van der Waals surface area contributed by atoms with Gasteiger partial charge in [-0.25, -0.2) is 0 Å². The second-order valence-electron chi connectivity index (χ2n) is 3.79. The fourth-order valence-corrected chi connectivity index (χ4v) is 1.65. The topological polar surface area (TPSA) is 24.4 Å². The summed E-state index contributed by atoms with van der Waals surface area (Å²) in [5.74, 6) is 0. The predicted molar refractivity (Wildman–Crippen MR) is 76.0 cm³/mol. The lowest BCUT2D eigenvalue weighted by Gasteiger charge is -2.06. The summed E-state index contributed by atoms with van der Waals surface area (Å²) in [6.45, 7) is 10.8. The predicted octanol–water partition coefficient (Wildman–Crippen LogP) is 3.85. The minimum Gasteiger partial charge on any atom is -0.384 e. The SMILES string of the molecule is C=C(CC)NCC1=Nc2ccccc2C1.CC. The molecule has 0 aliphatic carbocycles. The zero-order chi connectivity index (χ0) is 12.7. The maximum Gasteiger partial charge on any atom is 0.0665 e.